The third kappa shape index (κ3) is 3.23. The zero-order chi connectivity index (χ0) is 17.2. The molecule has 1 atom stereocenters. The molecule has 2 aromatic carbocycles. The van der Waals surface area contributed by atoms with E-state index in [1.165, 1.54) is 5.57 Å². The summed E-state index contributed by atoms with van der Waals surface area (Å²) in [5.74, 6) is 0.373. The maximum absolute atomic E-state index is 12.7. The normalized spacial score (nSPS) is 18.9. The molecule has 2 nitrogen and oxygen atoms in total. The summed E-state index contributed by atoms with van der Waals surface area (Å²) in [4.78, 5) is 23.5. The van der Waals surface area contributed by atoms with Crippen LogP contribution in [0.4, 0.5) is 0 Å². The van der Waals surface area contributed by atoms with E-state index in [1.54, 1.807) is 0 Å². The smallest absolute Gasteiger partial charge is 0.163 e. The average molecular weight is 318 g/mol. The van der Waals surface area contributed by atoms with Gasteiger partial charge in [0.05, 0.1) is 0 Å². The van der Waals surface area contributed by atoms with Gasteiger partial charge in [-0.2, -0.15) is 0 Å². The molecule has 0 N–H and O–H groups in total. The zero-order valence-corrected chi connectivity index (χ0v) is 14.2. The lowest BCUT2D eigenvalue weighted by molar-refractivity contribution is 0.0943. The maximum atomic E-state index is 12.7. The van der Waals surface area contributed by atoms with Crippen LogP contribution in [0.25, 0.3) is 5.57 Å². The van der Waals surface area contributed by atoms with Gasteiger partial charge in [-0.05, 0) is 28.9 Å². The summed E-state index contributed by atoms with van der Waals surface area (Å²) in [7, 11) is 0. The molecule has 0 bridgehead atoms. The molecule has 0 fully saturated rings. The summed E-state index contributed by atoms with van der Waals surface area (Å²) >= 11 is 0. The van der Waals surface area contributed by atoms with Gasteiger partial charge in [0.25, 0.3) is 0 Å². The van der Waals surface area contributed by atoms with Gasteiger partial charge in [0.15, 0.2) is 5.78 Å². The van der Waals surface area contributed by atoms with Crippen molar-refractivity contribution < 1.29 is 9.59 Å². The van der Waals surface area contributed by atoms with E-state index in [0.717, 1.165) is 23.8 Å². The van der Waals surface area contributed by atoms with Crippen molar-refractivity contribution in [1.29, 1.82) is 0 Å². The molecule has 0 spiro atoms. The highest BCUT2D eigenvalue weighted by Gasteiger charge is 2.38. The Kier molecular flexibility index (Phi) is 4.48. The summed E-state index contributed by atoms with van der Waals surface area (Å²) in [6, 6.07) is 17.1. The lowest BCUT2D eigenvalue weighted by atomic mass is 9.74. The number of hydrogen-bond acceptors (Lipinski definition) is 2. The van der Waals surface area contributed by atoms with Gasteiger partial charge < -0.3 is 0 Å². The SMILES string of the molecule is CC1(C)CC=C(c2ccc(C=O)cc2)C1CC(=O)c1ccccc1. The van der Waals surface area contributed by atoms with E-state index in [9.17, 15) is 9.59 Å². The highest BCUT2D eigenvalue weighted by molar-refractivity contribution is 5.97. The molecule has 122 valence electrons. The predicted molar refractivity (Wildman–Crippen MR) is 97.1 cm³/mol. The molecule has 1 aliphatic carbocycles. The Morgan fingerprint density at radius 1 is 1.08 bits per heavy atom. The van der Waals surface area contributed by atoms with Crippen LogP contribution in [0.3, 0.4) is 0 Å². The molecular weight excluding hydrogens is 296 g/mol. The van der Waals surface area contributed by atoms with Gasteiger partial charge in [-0.1, -0.05) is 74.5 Å². The van der Waals surface area contributed by atoms with Crippen molar-refractivity contribution in [2.75, 3.05) is 0 Å². The molecule has 0 aliphatic heterocycles. The standard InChI is InChI=1S/C22H22O2/c1-22(2)13-12-19(17-10-8-16(15-23)9-11-17)20(22)14-21(24)18-6-4-3-5-7-18/h3-12,15,20H,13-14H2,1-2H3. The molecule has 24 heavy (non-hydrogen) atoms. The highest BCUT2D eigenvalue weighted by atomic mass is 16.1. The van der Waals surface area contributed by atoms with Crippen molar-refractivity contribution in [3.05, 3.63) is 77.4 Å². The van der Waals surface area contributed by atoms with E-state index < -0.39 is 0 Å². The lowest BCUT2D eigenvalue weighted by Gasteiger charge is -2.29. The summed E-state index contributed by atoms with van der Waals surface area (Å²) in [6.07, 6.45) is 4.58. The number of ketones is 1. The van der Waals surface area contributed by atoms with E-state index in [0.29, 0.717) is 12.0 Å². The Bertz CT molecular complexity index is 767. The number of benzene rings is 2. The Labute approximate surface area is 143 Å². The molecule has 1 unspecified atom stereocenters. The third-order valence-electron chi connectivity index (χ3n) is 5.03. The van der Waals surface area contributed by atoms with Gasteiger partial charge in [-0.15, -0.1) is 0 Å². The van der Waals surface area contributed by atoms with Crippen LogP contribution in [0, 0.1) is 11.3 Å². The molecule has 3 rings (SSSR count). The van der Waals surface area contributed by atoms with Crippen molar-refractivity contribution in [1.82, 2.24) is 0 Å². The first kappa shape index (κ1) is 16.4. The molecule has 0 radical (unpaired) electrons. The monoisotopic (exact) mass is 318 g/mol. The molecule has 2 heteroatoms. The number of carbonyl (C=O) groups excluding carboxylic acids is 2. The van der Waals surface area contributed by atoms with E-state index >= 15 is 0 Å². The first-order valence-electron chi connectivity index (χ1n) is 8.35. The van der Waals surface area contributed by atoms with Crippen LogP contribution >= 0.6 is 0 Å². The molecule has 0 heterocycles. The zero-order valence-electron chi connectivity index (χ0n) is 14.2. The molecule has 1 aliphatic rings. The number of Topliss-reactive ketones (excluding diaryl/α,β-unsaturated/α-hetero) is 1. The topological polar surface area (TPSA) is 34.1 Å². The van der Waals surface area contributed by atoms with E-state index in [-0.39, 0.29) is 17.1 Å². The number of carbonyl (C=O) groups is 2. The van der Waals surface area contributed by atoms with Crippen LogP contribution in [-0.2, 0) is 0 Å². The fraction of sp³-hybridized carbons (Fsp3) is 0.273. The fourth-order valence-corrected chi connectivity index (χ4v) is 3.47. The van der Waals surface area contributed by atoms with E-state index in [1.807, 2.05) is 54.6 Å². The van der Waals surface area contributed by atoms with Crippen LogP contribution in [0.15, 0.2) is 60.7 Å². The van der Waals surface area contributed by atoms with Crippen molar-refractivity contribution in [2.24, 2.45) is 11.3 Å². The minimum Gasteiger partial charge on any atom is -0.298 e. The molecule has 0 saturated heterocycles. The van der Waals surface area contributed by atoms with E-state index in [4.69, 9.17) is 0 Å². The van der Waals surface area contributed by atoms with Crippen LogP contribution in [-0.4, -0.2) is 12.1 Å². The van der Waals surface area contributed by atoms with Gasteiger partial charge in [-0.25, -0.2) is 0 Å². The van der Waals surface area contributed by atoms with Crippen molar-refractivity contribution in [3.63, 3.8) is 0 Å². The number of allylic oxidation sites excluding steroid dienone is 2. The molecule has 0 aromatic heterocycles. The summed E-state index contributed by atoms with van der Waals surface area (Å²) in [5, 5.41) is 0. The van der Waals surface area contributed by atoms with Crippen LogP contribution in [0.2, 0.25) is 0 Å². The van der Waals surface area contributed by atoms with Gasteiger partial charge in [0.2, 0.25) is 0 Å². The second-order valence-corrected chi connectivity index (χ2v) is 7.14. The quantitative estimate of drug-likeness (QED) is 0.561. The van der Waals surface area contributed by atoms with Gasteiger partial charge in [0, 0.05) is 17.5 Å². The number of rotatable bonds is 5. The largest absolute Gasteiger partial charge is 0.298 e. The van der Waals surface area contributed by atoms with Crippen LogP contribution in [0.5, 0.6) is 0 Å². The molecular formula is C22H22O2. The second-order valence-electron chi connectivity index (χ2n) is 7.14. The Hall–Kier alpha value is -2.48. The Morgan fingerprint density at radius 3 is 2.38 bits per heavy atom. The van der Waals surface area contributed by atoms with Gasteiger partial charge >= 0.3 is 0 Å². The van der Waals surface area contributed by atoms with Gasteiger partial charge in [0.1, 0.15) is 6.29 Å². The number of aldehydes is 1. The van der Waals surface area contributed by atoms with E-state index in [2.05, 4.69) is 19.9 Å². The van der Waals surface area contributed by atoms with Crippen molar-refractivity contribution >= 4 is 17.6 Å². The Morgan fingerprint density at radius 2 is 1.75 bits per heavy atom. The summed E-state index contributed by atoms with van der Waals surface area (Å²) in [6.45, 7) is 4.44. The lowest BCUT2D eigenvalue weighted by Crippen LogP contribution is -2.23. The highest BCUT2D eigenvalue weighted by Crippen LogP contribution is 2.48. The van der Waals surface area contributed by atoms with Crippen molar-refractivity contribution in [2.45, 2.75) is 26.7 Å². The van der Waals surface area contributed by atoms with Crippen molar-refractivity contribution in [3.8, 4) is 0 Å². The number of hydrogen-bond donors (Lipinski definition) is 0. The minimum atomic E-state index is 0.0586. The second kappa shape index (κ2) is 6.56. The average Bonchev–Trinajstić information content (AvgIpc) is 2.90. The minimum absolute atomic E-state index is 0.0586. The Balaban J connectivity index is 1.86. The van der Waals surface area contributed by atoms with Gasteiger partial charge in [-0.3, -0.25) is 9.59 Å². The molecule has 2 aromatic rings. The molecule has 0 amide bonds. The maximum Gasteiger partial charge on any atom is 0.163 e. The van der Waals surface area contributed by atoms with Crippen LogP contribution < -0.4 is 0 Å². The first-order valence-corrected chi connectivity index (χ1v) is 8.35. The third-order valence-corrected chi connectivity index (χ3v) is 5.03. The fourth-order valence-electron chi connectivity index (χ4n) is 3.47. The van der Waals surface area contributed by atoms with Crippen LogP contribution in [0.1, 0.15) is 53.0 Å². The summed E-state index contributed by atoms with van der Waals surface area (Å²) in [5.41, 5.74) is 3.84. The first-order chi connectivity index (χ1) is 11.5. The predicted octanol–water partition coefficient (Wildman–Crippen LogP) is 5.20. The molecule has 0 saturated carbocycles. The summed E-state index contributed by atoms with van der Waals surface area (Å²) < 4.78 is 0.